The van der Waals surface area contributed by atoms with Gasteiger partial charge in [0, 0.05) is 29.9 Å². The predicted molar refractivity (Wildman–Crippen MR) is 114 cm³/mol. The van der Waals surface area contributed by atoms with Crippen LogP contribution < -0.4 is 5.32 Å². The van der Waals surface area contributed by atoms with Gasteiger partial charge in [0.05, 0.1) is 18.2 Å². The van der Waals surface area contributed by atoms with E-state index in [-0.39, 0.29) is 12.6 Å². The fourth-order valence-corrected chi connectivity index (χ4v) is 4.38. The molecule has 1 saturated heterocycles. The topological polar surface area (TPSA) is 61.9 Å². The molecule has 2 aliphatic rings. The minimum atomic E-state index is -0.585. The molecule has 0 bridgehead atoms. The van der Waals surface area contributed by atoms with Crippen molar-refractivity contribution in [3.8, 4) is 0 Å². The summed E-state index contributed by atoms with van der Waals surface area (Å²) in [5.74, 6) is -0.393. The molecule has 0 aliphatic carbocycles. The normalized spacial score (nSPS) is 23.2. The van der Waals surface area contributed by atoms with Gasteiger partial charge in [-0.25, -0.2) is 9.59 Å². The highest BCUT2D eigenvalue weighted by molar-refractivity contribution is 6.30. The minimum absolute atomic E-state index is 0.204. The summed E-state index contributed by atoms with van der Waals surface area (Å²) in [5.41, 5.74) is 2.00. The Morgan fingerprint density at radius 2 is 2.10 bits per heavy atom. The summed E-state index contributed by atoms with van der Waals surface area (Å²) >= 11 is 6.19. The van der Waals surface area contributed by atoms with Crippen LogP contribution in [-0.4, -0.2) is 54.1 Å². The number of likely N-dealkylation sites (N-methyl/N-ethyl adjacent to an activating group) is 1. The number of halogens is 1. The second-order valence-electron chi connectivity index (χ2n) is 7.58. The summed E-state index contributed by atoms with van der Waals surface area (Å²) in [5, 5.41) is 3.54. The molecule has 3 rings (SSSR count). The first-order chi connectivity index (χ1) is 14.0. The van der Waals surface area contributed by atoms with Gasteiger partial charge in [0.1, 0.15) is 0 Å². The number of hydrogen-bond donors (Lipinski definition) is 1. The molecule has 1 aromatic carbocycles. The lowest BCUT2D eigenvalue weighted by Gasteiger charge is -2.40. The molecular weight excluding hydrogens is 390 g/mol. The van der Waals surface area contributed by atoms with Crippen LogP contribution in [0.2, 0.25) is 5.02 Å². The number of nitrogens with one attached hydrogen (secondary N) is 1. The maximum atomic E-state index is 13.1. The van der Waals surface area contributed by atoms with E-state index in [1.807, 2.05) is 19.1 Å². The van der Waals surface area contributed by atoms with Crippen molar-refractivity contribution in [3.05, 3.63) is 46.1 Å². The third-order valence-electron chi connectivity index (χ3n) is 5.73. The summed E-state index contributed by atoms with van der Waals surface area (Å²) in [7, 11) is 0. The van der Waals surface area contributed by atoms with Gasteiger partial charge in [0.2, 0.25) is 0 Å². The van der Waals surface area contributed by atoms with E-state index in [0.717, 1.165) is 30.6 Å². The van der Waals surface area contributed by atoms with Gasteiger partial charge in [-0.15, -0.1) is 0 Å². The van der Waals surface area contributed by atoms with Crippen LogP contribution in [0.5, 0.6) is 0 Å². The minimum Gasteiger partial charge on any atom is -0.463 e. The number of nitrogens with zero attached hydrogens (tertiary/aromatic N) is 2. The quantitative estimate of drug-likeness (QED) is 0.704. The Balaban J connectivity index is 2.10. The maximum Gasteiger partial charge on any atom is 0.338 e. The molecule has 2 aliphatic heterocycles. The smallest absolute Gasteiger partial charge is 0.338 e. The molecule has 2 amide bonds. The van der Waals surface area contributed by atoms with Crippen molar-refractivity contribution in [2.45, 2.75) is 52.1 Å². The van der Waals surface area contributed by atoms with E-state index in [1.165, 1.54) is 6.42 Å². The third-order valence-corrected chi connectivity index (χ3v) is 5.96. The molecule has 0 saturated carbocycles. The standard InChI is InChI=1S/C22H30ClN3O3/c1-4-26-18(14-25-12-7-6-9-15(25)3)19(21(27)29-5-2)20(24-22(26)28)16-10-8-11-17(23)13-16/h8,10-11,13,15,20H,4-7,9,12,14H2,1-3H3,(H,24,28). The van der Waals surface area contributed by atoms with Crippen LogP contribution >= 0.6 is 11.6 Å². The van der Waals surface area contributed by atoms with E-state index in [2.05, 4.69) is 17.1 Å². The molecule has 2 unspecified atom stereocenters. The fourth-order valence-electron chi connectivity index (χ4n) is 4.18. The fraction of sp³-hybridized carbons (Fsp3) is 0.545. The number of amides is 2. The second-order valence-corrected chi connectivity index (χ2v) is 8.01. The van der Waals surface area contributed by atoms with E-state index in [1.54, 1.807) is 24.0 Å². The number of urea groups is 1. The molecule has 1 N–H and O–H groups in total. The molecule has 0 aromatic heterocycles. The first kappa shape index (κ1) is 21.7. The molecule has 158 valence electrons. The number of hydrogen-bond acceptors (Lipinski definition) is 4. The lowest BCUT2D eigenvalue weighted by atomic mass is 9.93. The summed E-state index contributed by atoms with van der Waals surface area (Å²) in [4.78, 5) is 30.0. The zero-order valence-corrected chi connectivity index (χ0v) is 18.2. The van der Waals surface area contributed by atoms with E-state index < -0.39 is 12.0 Å². The lowest BCUT2D eigenvalue weighted by molar-refractivity contribution is -0.139. The molecule has 1 aromatic rings. The van der Waals surface area contributed by atoms with Crippen LogP contribution in [0.3, 0.4) is 0 Å². The Labute approximate surface area is 177 Å². The first-order valence-corrected chi connectivity index (χ1v) is 10.8. The average Bonchev–Trinajstić information content (AvgIpc) is 2.69. The van der Waals surface area contributed by atoms with Gasteiger partial charge in [-0.1, -0.05) is 30.2 Å². The Morgan fingerprint density at radius 3 is 2.76 bits per heavy atom. The molecular formula is C22H30ClN3O3. The molecule has 0 radical (unpaired) electrons. The molecule has 29 heavy (non-hydrogen) atoms. The number of rotatable bonds is 6. The van der Waals surface area contributed by atoms with Crippen molar-refractivity contribution in [1.29, 1.82) is 0 Å². The van der Waals surface area contributed by atoms with Crippen molar-refractivity contribution in [1.82, 2.24) is 15.1 Å². The Bertz CT molecular complexity index is 795. The van der Waals surface area contributed by atoms with Gasteiger partial charge in [0.25, 0.3) is 0 Å². The number of carbonyl (C=O) groups is 2. The second kappa shape index (κ2) is 9.63. The number of carbonyl (C=O) groups excluding carboxylic acids is 2. The number of piperidine rings is 1. The maximum absolute atomic E-state index is 13.1. The van der Waals surface area contributed by atoms with Gasteiger partial charge < -0.3 is 10.1 Å². The van der Waals surface area contributed by atoms with Crippen LogP contribution in [0.15, 0.2) is 35.5 Å². The van der Waals surface area contributed by atoms with Gasteiger partial charge in [0.15, 0.2) is 0 Å². The number of esters is 1. The van der Waals surface area contributed by atoms with Crippen molar-refractivity contribution >= 4 is 23.6 Å². The number of benzene rings is 1. The largest absolute Gasteiger partial charge is 0.463 e. The van der Waals surface area contributed by atoms with Crippen LogP contribution in [-0.2, 0) is 9.53 Å². The van der Waals surface area contributed by atoms with Crippen LogP contribution in [0.1, 0.15) is 51.6 Å². The monoisotopic (exact) mass is 419 g/mol. The van der Waals surface area contributed by atoms with Gasteiger partial charge in [-0.3, -0.25) is 9.80 Å². The van der Waals surface area contributed by atoms with Crippen LogP contribution in [0.25, 0.3) is 0 Å². The summed E-state index contributed by atoms with van der Waals surface area (Å²) in [6, 6.07) is 6.88. The predicted octanol–water partition coefficient (Wildman–Crippen LogP) is 4.12. The number of ether oxygens (including phenoxy) is 1. The van der Waals surface area contributed by atoms with Crippen LogP contribution in [0.4, 0.5) is 4.79 Å². The van der Waals surface area contributed by atoms with Crippen LogP contribution in [0, 0.1) is 0 Å². The van der Waals surface area contributed by atoms with Crippen molar-refractivity contribution in [2.24, 2.45) is 0 Å². The zero-order valence-electron chi connectivity index (χ0n) is 17.4. The summed E-state index contributed by atoms with van der Waals surface area (Å²) in [6.07, 6.45) is 3.46. The SMILES string of the molecule is CCOC(=O)C1=C(CN2CCCCC2C)N(CC)C(=O)NC1c1cccc(Cl)c1. The Hall–Kier alpha value is -2.05. The third kappa shape index (κ3) is 4.75. The summed E-state index contributed by atoms with van der Waals surface area (Å²) in [6.45, 7) is 8.18. The number of likely N-dealkylation sites (tertiary alicyclic amines) is 1. The highest BCUT2D eigenvalue weighted by Crippen LogP contribution is 2.33. The van der Waals surface area contributed by atoms with E-state index in [4.69, 9.17) is 16.3 Å². The van der Waals surface area contributed by atoms with Crippen molar-refractivity contribution in [2.75, 3.05) is 26.2 Å². The first-order valence-electron chi connectivity index (χ1n) is 10.4. The Kier molecular flexibility index (Phi) is 7.19. The molecule has 2 heterocycles. The molecule has 0 spiro atoms. The van der Waals surface area contributed by atoms with E-state index >= 15 is 0 Å². The Morgan fingerprint density at radius 1 is 1.31 bits per heavy atom. The van der Waals surface area contributed by atoms with Gasteiger partial charge in [-0.2, -0.15) is 0 Å². The summed E-state index contributed by atoms with van der Waals surface area (Å²) < 4.78 is 5.41. The molecule has 1 fully saturated rings. The zero-order chi connectivity index (χ0) is 21.0. The highest BCUT2D eigenvalue weighted by atomic mass is 35.5. The van der Waals surface area contributed by atoms with Crippen molar-refractivity contribution < 1.29 is 14.3 Å². The lowest BCUT2D eigenvalue weighted by Crippen LogP contribution is -2.52. The molecule has 6 nitrogen and oxygen atoms in total. The van der Waals surface area contributed by atoms with Crippen molar-refractivity contribution in [3.63, 3.8) is 0 Å². The van der Waals surface area contributed by atoms with Gasteiger partial charge in [-0.05, 0) is 57.9 Å². The molecule has 2 atom stereocenters. The van der Waals surface area contributed by atoms with E-state index in [9.17, 15) is 9.59 Å². The average molecular weight is 420 g/mol. The van der Waals surface area contributed by atoms with Gasteiger partial charge >= 0.3 is 12.0 Å². The highest BCUT2D eigenvalue weighted by Gasteiger charge is 2.38. The molecule has 7 heteroatoms. The van der Waals surface area contributed by atoms with E-state index in [0.29, 0.717) is 29.7 Å².